The van der Waals surface area contributed by atoms with Gasteiger partial charge >= 0.3 is 0 Å². The Morgan fingerprint density at radius 2 is 1.12 bits per heavy atom. The van der Waals surface area contributed by atoms with Crippen molar-refractivity contribution in [3.63, 3.8) is 0 Å². The molecule has 0 bridgehead atoms. The highest BCUT2D eigenvalue weighted by molar-refractivity contribution is 4.98. The van der Waals surface area contributed by atoms with Crippen LogP contribution in [0.1, 0.15) is 0 Å². The summed E-state index contributed by atoms with van der Waals surface area (Å²) in [7, 11) is 0. The molecule has 0 spiro atoms. The van der Waals surface area contributed by atoms with Crippen LogP contribution in [0.2, 0.25) is 0 Å². The predicted molar refractivity (Wildman–Crippen MR) is 101 cm³/mol. The quantitative estimate of drug-likeness (QED) is 0.146. The van der Waals surface area contributed by atoms with Gasteiger partial charge in [0.25, 0.3) is 0 Å². The first kappa shape index (κ1) is 27.9. The zero-order valence-electron chi connectivity index (χ0n) is 17.8. The Morgan fingerprint density at radius 1 is 0.588 bits per heavy atom. The molecule has 3 aliphatic heterocycles. The van der Waals surface area contributed by atoms with Crippen LogP contribution < -0.4 is 0 Å². The van der Waals surface area contributed by atoms with Crippen LogP contribution in [0.4, 0.5) is 0 Å². The molecule has 11 N–H and O–H groups in total. The van der Waals surface area contributed by atoms with Crippen molar-refractivity contribution >= 4 is 0 Å². The van der Waals surface area contributed by atoms with Crippen molar-refractivity contribution in [2.24, 2.45) is 0 Å². The van der Waals surface area contributed by atoms with Gasteiger partial charge in [-0.1, -0.05) is 0 Å². The molecular weight excluding hydrogens is 472 g/mol. The molecule has 3 saturated heterocycles. The Labute approximate surface area is 192 Å². The van der Waals surface area contributed by atoms with E-state index in [2.05, 4.69) is 0 Å². The summed E-state index contributed by atoms with van der Waals surface area (Å²) >= 11 is 0. The second-order valence-corrected chi connectivity index (χ2v) is 8.41. The van der Waals surface area contributed by atoms with Gasteiger partial charge in [0.1, 0.15) is 73.8 Å². The molecule has 0 radical (unpaired) electrons. The molecule has 200 valence electrons. The normalized spacial score (nSPS) is 52.1. The Bertz CT molecular complexity index is 653. The lowest BCUT2D eigenvalue weighted by Crippen LogP contribution is -2.63. The largest absolute Gasteiger partial charge is 0.394 e. The van der Waals surface area contributed by atoms with E-state index in [-0.39, 0.29) is 0 Å². The lowest BCUT2D eigenvalue weighted by Gasteiger charge is -2.44. The molecule has 14 atom stereocenters. The number of aliphatic hydroxyl groups is 11. The lowest BCUT2D eigenvalue weighted by atomic mass is 9.98. The summed E-state index contributed by atoms with van der Waals surface area (Å²) < 4.78 is 26.4. The van der Waals surface area contributed by atoms with Crippen LogP contribution in [0, 0.1) is 0 Å². The van der Waals surface area contributed by atoms with E-state index in [4.69, 9.17) is 23.7 Å². The van der Waals surface area contributed by atoms with Gasteiger partial charge in [-0.25, -0.2) is 0 Å². The average Bonchev–Trinajstić information content (AvgIpc) is 3.08. The fourth-order valence-corrected chi connectivity index (χ4v) is 4.01. The Kier molecular flexibility index (Phi) is 9.18. The van der Waals surface area contributed by atoms with Crippen LogP contribution in [0.15, 0.2) is 0 Å². The molecule has 3 rings (SSSR count). The van der Waals surface area contributed by atoms with Crippen molar-refractivity contribution in [2.75, 3.05) is 26.4 Å². The predicted octanol–water partition coefficient (Wildman–Crippen LogP) is -7.57. The van der Waals surface area contributed by atoms with Crippen molar-refractivity contribution in [1.82, 2.24) is 0 Å². The van der Waals surface area contributed by atoms with Crippen molar-refractivity contribution in [2.45, 2.75) is 85.5 Å². The third-order valence-electron chi connectivity index (χ3n) is 6.16. The smallest absolute Gasteiger partial charge is 0.224 e. The lowest BCUT2D eigenvalue weighted by molar-refractivity contribution is -0.388. The number of ether oxygens (including phenoxy) is 5. The van der Waals surface area contributed by atoms with E-state index >= 15 is 0 Å². The Hall–Kier alpha value is -0.640. The minimum atomic E-state index is -2.36. The Balaban J connectivity index is 1.69. The summed E-state index contributed by atoms with van der Waals surface area (Å²) in [5.74, 6) is -2.36. The van der Waals surface area contributed by atoms with Gasteiger partial charge < -0.3 is 79.9 Å². The van der Waals surface area contributed by atoms with Gasteiger partial charge in [-0.15, -0.1) is 0 Å². The number of hydrogen-bond acceptors (Lipinski definition) is 16. The maximum atomic E-state index is 10.3. The molecule has 0 saturated carbocycles. The third kappa shape index (κ3) is 5.09. The first-order chi connectivity index (χ1) is 16.0. The van der Waals surface area contributed by atoms with Crippen molar-refractivity contribution in [1.29, 1.82) is 0 Å². The molecule has 0 amide bonds. The number of aliphatic hydroxyl groups excluding tert-OH is 11. The van der Waals surface area contributed by atoms with Gasteiger partial charge in [-0.2, -0.15) is 0 Å². The third-order valence-corrected chi connectivity index (χ3v) is 6.16. The van der Waals surface area contributed by atoms with E-state index in [1.165, 1.54) is 0 Å². The van der Waals surface area contributed by atoms with Crippen LogP contribution >= 0.6 is 0 Å². The van der Waals surface area contributed by atoms with Gasteiger partial charge in [-0.3, -0.25) is 0 Å². The van der Waals surface area contributed by atoms with Crippen LogP contribution in [0.3, 0.4) is 0 Å². The van der Waals surface area contributed by atoms with E-state index in [1.54, 1.807) is 0 Å². The molecule has 16 heteroatoms. The SMILES string of the molecule is OC[C@H]1O[C@@H](OC[C@H]2O[C@@H](O[C@]3(CO)O[C@H](CO)[C@@H](O)[C@@H]3O)[C@H](O)[C@@H](O)[C@@H]2O)[C@H](O)[C@@H](O)[C@H]1O. The van der Waals surface area contributed by atoms with Gasteiger partial charge in [0, 0.05) is 0 Å². The highest BCUT2D eigenvalue weighted by Gasteiger charge is 2.58. The zero-order valence-corrected chi connectivity index (χ0v) is 17.8. The minimum Gasteiger partial charge on any atom is -0.394 e. The fourth-order valence-electron chi connectivity index (χ4n) is 4.01. The average molecular weight is 504 g/mol. The maximum absolute atomic E-state index is 10.3. The van der Waals surface area contributed by atoms with Gasteiger partial charge in [-0.05, 0) is 0 Å². The first-order valence-electron chi connectivity index (χ1n) is 10.6. The van der Waals surface area contributed by atoms with Crippen molar-refractivity contribution < 1.29 is 79.9 Å². The maximum Gasteiger partial charge on any atom is 0.224 e. The molecule has 34 heavy (non-hydrogen) atoms. The van der Waals surface area contributed by atoms with Crippen LogP contribution in [0.5, 0.6) is 0 Å². The van der Waals surface area contributed by atoms with Crippen molar-refractivity contribution in [3.8, 4) is 0 Å². The van der Waals surface area contributed by atoms with E-state index in [0.717, 1.165) is 0 Å². The molecule has 3 heterocycles. The summed E-state index contributed by atoms with van der Waals surface area (Å²) in [5.41, 5.74) is 0. The Morgan fingerprint density at radius 3 is 1.65 bits per heavy atom. The summed E-state index contributed by atoms with van der Waals surface area (Å²) in [5, 5.41) is 109. The molecule has 0 aromatic heterocycles. The molecule has 16 nitrogen and oxygen atoms in total. The summed E-state index contributed by atoms with van der Waals surface area (Å²) in [6.07, 6.45) is -21.8. The molecule has 3 aliphatic rings. The van der Waals surface area contributed by atoms with Crippen LogP contribution in [0.25, 0.3) is 0 Å². The summed E-state index contributed by atoms with van der Waals surface area (Å²) in [6.45, 7) is -3.14. The highest BCUT2D eigenvalue weighted by atomic mass is 16.8. The zero-order chi connectivity index (χ0) is 25.4. The summed E-state index contributed by atoms with van der Waals surface area (Å²) in [6, 6.07) is 0. The van der Waals surface area contributed by atoms with E-state index in [1.807, 2.05) is 0 Å². The van der Waals surface area contributed by atoms with E-state index in [0.29, 0.717) is 0 Å². The van der Waals surface area contributed by atoms with Crippen LogP contribution in [-0.4, -0.2) is 168 Å². The van der Waals surface area contributed by atoms with Crippen LogP contribution in [-0.2, 0) is 23.7 Å². The molecular formula is C18H32O16. The van der Waals surface area contributed by atoms with Gasteiger partial charge in [0.2, 0.25) is 5.79 Å². The van der Waals surface area contributed by atoms with Gasteiger partial charge in [0.15, 0.2) is 12.6 Å². The second kappa shape index (κ2) is 11.2. The number of hydrogen-bond donors (Lipinski definition) is 11. The van der Waals surface area contributed by atoms with Gasteiger partial charge in [0.05, 0.1) is 19.8 Å². The molecule has 0 aromatic rings. The topological polar surface area (TPSA) is 269 Å². The number of rotatable bonds is 8. The second-order valence-electron chi connectivity index (χ2n) is 8.41. The van der Waals surface area contributed by atoms with E-state index < -0.39 is 112 Å². The molecule has 3 fully saturated rings. The van der Waals surface area contributed by atoms with Crippen molar-refractivity contribution in [3.05, 3.63) is 0 Å². The summed E-state index contributed by atoms with van der Waals surface area (Å²) in [4.78, 5) is 0. The standard InChI is InChI=1S/C18H32O16/c19-1-5-8(22)11(25)13(27)16(31-5)30-3-7-9(23)12(26)14(28)17(32-7)34-18(4-21)15(29)10(24)6(2-20)33-18/h5-17,19-29H,1-4H2/t5-,6-,7-,8+,9-,10-,11+,12+,13-,14-,15+,16-,17+,18+/m1/s1. The molecule has 0 aromatic carbocycles. The minimum absolute atomic E-state index is 0.634. The first-order valence-corrected chi connectivity index (χ1v) is 10.6. The highest BCUT2D eigenvalue weighted by Crippen LogP contribution is 2.36. The van der Waals surface area contributed by atoms with E-state index in [9.17, 15) is 56.2 Å². The molecule has 0 aliphatic carbocycles. The molecule has 0 unspecified atom stereocenters. The monoisotopic (exact) mass is 504 g/mol. The fraction of sp³-hybridized carbons (Fsp3) is 1.00.